The van der Waals surface area contributed by atoms with E-state index >= 15 is 0 Å². The second-order valence-electron chi connectivity index (χ2n) is 6.91. The molecule has 0 radical (unpaired) electrons. The third kappa shape index (κ3) is 1.69. The quantitative estimate of drug-likeness (QED) is 0.343. The molecular weight excluding hydrogens is 244 g/mol. The van der Waals surface area contributed by atoms with Gasteiger partial charge in [-0.05, 0) is 31.6 Å². The summed E-state index contributed by atoms with van der Waals surface area (Å²) in [5, 5.41) is 9.36. The molecular formula is C15H22O4. The average Bonchev–Trinajstić information content (AvgIpc) is 2.64. The van der Waals surface area contributed by atoms with Gasteiger partial charge in [-0.2, -0.15) is 0 Å². The van der Waals surface area contributed by atoms with Crippen molar-refractivity contribution in [1.29, 1.82) is 0 Å². The largest absolute Gasteiger partial charge is 0.461 e. The smallest absolute Gasteiger partial charge is 0.309 e. The Morgan fingerprint density at radius 1 is 1.47 bits per heavy atom. The molecule has 6 atom stereocenters. The van der Waals surface area contributed by atoms with Gasteiger partial charge in [-0.25, -0.2) is 4.89 Å². The summed E-state index contributed by atoms with van der Waals surface area (Å²) in [6.45, 7) is 6.04. The SMILES string of the molecule is C[C@@H]1C(=O)O[C@H]2[C@H]1CC[C@@]1(C)CC=C[C@@](C)(OO)[C@H]21. The Balaban J connectivity index is 2.02. The van der Waals surface area contributed by atoms with E-state index in [1.165, 1.54) is 0 Å². The molecule has 3 rings (SSSR count). The second kappa shape index (κ2) is 4.06. The van der Waals surface area contributed by atoms with E-state index in [0.29, 0.717) is 0 Å². The Kier molecular flexibility index (Phi) is 2.81. The van der Waals surface area contributed by atoms with E-state index in [4.69, 9.17) is 9.62 Å². The van der Waals surface area contributed by atoms with E-state index in [2.05, 4.69) is 13.0 Å². The fourth-order valence-corrected chi connectivity index (χ4v) is 4.57. The van der Waals surface area contributed by atoms with Crippen molar-refractivity contribution in [2.75, 3.05) is 0 Å². The monoisotopic (exact) mass is 266 g/mol. The molecule has 1 heterocycles. The number of carbonyl (C=O) groups excluding carboxylic acids is 1. The summed E-state index contributed by atoms with van der Waals surface area (Å²) in [4.78, 5) is 16.7. The van der Waals surface area contributed by atoms with Crippen LogP contribution < -0.4 is 0 Å². The zero-order valence-corrected chi connectivity index (χ0v) is 11.8. The summed E-state index contributed by atoms with van der Waals surface area (Å²) in [5.41, 5.74) is -0.738. The van der Waals surface area contributed by atoms with Crippen LogP contribution in [0, 0.1) is 23.2 Å². The van der Waals surface area contributed by atoms with Crippen molar-refractivity contribution >= 4 is 5.97 Å². The minimum absolute atomic E-state index is 0.0163. The van der Waals surface area contributed by atoms with Crippen LogP contribution in [0.1, 0.15) is 40.0 Å². The van der Waals surface area contributed by atoms with Crippen molar-refractivity contribution < 1.29 is 19.7 Å². The minimum atomic E-state index is -0.763. The molecule has 0 aromatic rings. The van der Waals surface area contributed by atoms with Gasteiger partial charge in [0.15, 0.2) is 0 Å². The Bertz CT molecular complexity index is 432. The molecule has 0 unspecified atom stereocenters. The van der Waals surface area contributed by atoms with Gasteiger partial charge >= 0.3 is 5.97 Å². The molecule has 19 heavy (non-hydrogen) atoms. The fraction of sp³-hybridized carbons (Fsp3) is 0.800. The first-order chi connectivity index (χ1) is 8.91. The number of carbonyl (C=O) groups is 1. The molecule has 0 bridgehead atoms. The molecule has 4 nitrogen and oxygen atoms in total. The number of rotatable bonds is 1. The maximum atomic E-state index is 11.9. The van der Waals surface area contributed by atoms with Crippen LogP contribution in [0.4, 0.5) is 0 Å². The van der Waals surface area contributed by atoms with E-state index in [1.807, 2.05) is 19.9 Å². The number of hydrogen-bond acceptors (Lipinski definition) is 4. The minimum Gasteiger partial charge on any atom is -0.461 e. The lowest BCUT2D eigenvalue weighted by Crippen LogP contribution is -2.57. The van der Waals surface area contributed by atoms with Gasteiger partial charge in [0.1, 0.15) is 11.7 Å². The van der Waals surface area contributed by atoms with Gasteiger partial charge in [-0.15, -0.1) is 0 Å². The van der Waals surface area contributed by atoms with Gasteiger partial charge in [0, 0.05) is 11.8 Å². The van der Waals surface area contributed by atoms with Crippen LogP contribution in [0.3, 0.4) is 0 Å². The van der Waals surface area contributed by atoms with Gasteiger partial charge in [0.25, 0.3) is 0 Å². The first kappa shape index (κ1) is 13.1. The highest BCUT2D eigenvalue weighted by Crippen LogP contribution is 2.57. The molecule has 2 aliphatic carbocycles. The van der Waals surface area contributed by atoms with Gasteiger partial charge < -0.3 is 4.74 Å². The van der Waals surface area contributed by atoms with Crippen molar-refractivity contribution in [3.05, 3.63) is 12.2 Å². The topological polar surface area (TPSA) is 55.8 Å². The Hall–Kier alpha value is -0.870. The molecule has 4 heteroatoms. The molecule has 2 fully saturated rings. The second-order valence-corrected chi connectivity index (χ2v) is 6.91. The molecule has 0 amide bonds. The average molecular weight is 266 g/mol. The van der Waals surface area contributed by atoms with Crippen molar-refractivity contribution in [1.82, 2.24) is 0 Å². The van der Waals surface area contributed by atoms with Crippen molar-refractivity contribution in [3.63, 3.8) is 0 Å². The maximum absolute atomic E-state index is 11.9. The number of ether oxygens (including phenoxy) is 1. The lowest BCUT2D eigenvalue weighted by molar-refractivity contribution is -0.337. The molecule has 106 valence electrons. The summed E-state index contributed by atoms with van der Waals surface area (Å²) in [7, 11) is 0. The van der Waals surface area contributed by atoms with Crippen LogP contribution in [0.25, 0.3) is 0 Å². The number of esters is 1. The standard InChI is InChI=1S/C15H22O4/c1-9-10-5-8-14(2)6-4-7-15(3,19-17)12(14)11(10)18-13(9)16/h4,7,9-12,17H,5-6,8H2,1-3H3/t9-,10-,11-,12+,14+,15+/m0/s1. The summed E-state index contributed by atoms with van der Waals surface area (Å²) in [5.74, 6) is 0.131. The van der Waals surface area contributed by atoms with E-state index in [1.54, 1.807) is 0 Å². The van der Waals surface area contributed by atoms with Crippen molar-refractivity contribution in [2.24, 2.45) is 23.2 Å². The van der Waals surface area contributed by atoms with Crippen LogP contribution >= 0.6 is 0 Å². The Labute approximate surface area is 113 Å². The van der Waals surface area contributed by atoms with E-state index in [-0.39, 0.29) is 35.2 Å². The third-order valence-electron chi connectivity index (χ3n) is 5.66. The van der Waals surface area contributed by atoms with Crippen molar-refractivity contribution in [2.45, 2.75) is 51.7 Å². The van der Waals surface area contributed by atoms with Crippen LogP contribution in [-0.4, -0.2) is 22.9 Å². The summed E-state index contributed by atoms with van der Waals surface area (Å²) >= 11 is 0. The fourth-order valence-electron chi connectivity index (χ4n) is 4.57. The maximum Gasteiger partial charge on any atom is 0.309 e. The van der Waals surface area contributed by atoms with Crippen LogP contribution in [0.2, 0.25) is 0 Å². The van der Waals surface area contributed by atoms with Gasteiger partial charge in [-0.1, -0.05) is 26.0 Å². The normalized spacial score (nSPS) is 52.5. The molecule has 3 aliphatic rings. The van der Waals surface area contributed by atoms with Gasteiger partial charge in [0.2, 0.25) is 0 Å². The lowest BCUT2D eigenvalue weighted by Gasteiger charge is -2.53. The number of hydrogen-bond donors (Lipinski definition) is 1. The summed E-state index contributed by atoms with van der Waals surface area (Å²) < 4.78 is 5.65. The lowest BCUT2D eigenvalue weighted by atomic mass is 9.53. The predicted octanol–water partition coefficient (Wildman–Crippen LogP) is 2.79. The predicted molar refractivity (Wildman–Crippen MR) is 69.2 cm³/mol. The molecule has 1 aliphatic heterocycles. The zero-order chi connectivity index (χ0) is 13.8. The Morgan fingerprint density at radius 2 is 2.21 bits per heavy atom. The first-order valence-electron chi connectivity index (χ1n) is 7.12. The molecule has 1 saturated carbocycles. The van der Waals surface area contributed by atoms with Crippen LogP contribution in [0.5, 0.6) is 0 Å². The highest BCUT2D eigenvalue weighted by Gasteiger charge is 2.61. The van der Waals surface area contributed by atoms with Crippen LogP contribution in [0.15, 0.2) is 12.2 Å². The van der Waals surface area contributed by atoms with Gasteiger partial charge in [-0.3, -0.25) is 10.1 Å². The summed E-state index contributed by atoms with van der Waals surface area (Å²) in [6.07, 6.45) is 6.86. The van der Waals surface area contributed by atoms with E-state index < -0.39 is 5.60 Å². The number of fused-ring (bicyclic) bond motifs is 3. The van der Waals surface area contributed by atoms with E-state index in [0.717, 1.165) is 19.3 Å². The van der Waals surface area contributed by atoms with Crippen LogP contribution in [-0.2, 0) is 14.4 Å². The van der Waals surface area contributed by atoms with E-state index in [9.17, 15) is 10.1 Å². The van der Waals surface area contributed by atoms with Gasteiger partial charge in [0.05, 0.1) is 5.92 Å². The zero-order valence-electron chi connectivity index (χ0n) is 11.8. The molecule has 1 saturated heterocycles. The number of allylic oxidation sites excluding steroid dienone is 1. The molecule has 0 aromatic carbocycles. The first-order valence-corrected chi connectivity index (χ1v) is 7.12. The summed E-state index contributed by atoms with van der Waals surface area (Å²) in [6, 6.07) is 0. The molecule has 1 N–H and O–H groups in total. The highest BCUT2D eigenvalue weighted by atomic mass is 17.1. The third-order valence-corrected chi connectivity index (χ3v) is 5.66. The Morgan fingerprint density at radius 3 is 2.89 bits per heavy atom. The molecule has 0 aromatic heterocycles. The van der Waals surface area contributed by atoms with Crippen molar-refractivity contribution in [3.8, 4) is 0 Å². The highest BCUT2D eigenvalue weighted by molar-refractivity contribution is 5.75. The molecule has 0 spiro atoms.